The maximum Gasteiger partial charge on any atom is 0.305 e. The van der Waals surface area contributed by atoms with E-state index in [1.807, 2.05) is 0 Å². The van der Waals surface area contributed by atoms with E-state index in [-0.39, 0.29) is 11.9 Å². The summed E-state index contributed by atoms with van der Waals surface area (Å²) in [6.45, 7) is 1.15. The Morgan fingerprint density at radius 3 is 1.22 bits per heavy atom. The zero-order valence-corrected chi connectivity index (χ0v) is 20.8. The number of unbranched alkanes of at least 4 members (excludes halogenated alkanes) is 11. The first-order chi connectivity index (χ1) is 15.7. The first-order valence-electron chi connectivity index (χ1n) is 14.1. The van der Waals surface area contributed by atoms with Crippen LogP contribution in [0.4, 0.5) is 0 Å². The van der Waals surface area contributed by atoms with Crippen LogP contribution in [0.15, 0.2) is 0 Å². The van der Waals surface area contributed by atoms with Crippen molar-refractivity contribution >= 4 is 11.9 Å². The van der Waals surface area contributed by atoms with Crippen LogP contribution in [0.5, 0.6) is 0 Å². The highest BCUT2D eigenvalue weighted by atomic mass is 16.5. The third kappa shape index (κ3) is 17.5. The molecule has 0 amide bonds. The molecule has 4 nitrogen and oxygen atoms in total. The summed E-state index contributed by atoms with van der Waals surface area (Å²) in [5, 5.41) is 0. The maximum absolute atomic E-state index is 11.8. The second-order valence-corrected chi connectivity index (χ2v) is 10.4. The minimum Gasteiger partial charge on any atom is -0.466 e. The Morgan fingerprint density at radius 2 is 0.812 bits per heavy atom. The molecule has 186 valence electrons. The van der Waals surface area contributed by atoms with Gasteiger partial charge in [-0.05, 0) is 37.5 Å². The van der Waals surface area contributed by atoms with Crippen molar-refractivity contribution < 1.29 is 19.1 Å². The molecule has 2 rings (SSSR count). The van der Waals surface area contributed by atoms with Gasteiger partial charge in [0.05, 0.1) is 13.2 Å². The lowest BCUT2D eigenvalue weighted by Gasteiger charge is -2.06. The van der Waals surface area contributed by atoms with Crippen LogP contribution in [0.2, 0.25) is 0 Å². The Bertz CT molecular complexity index is 438. The lowest BCUT2D eigenvalue weighted by Crippen LogP contribution is -2.06. The summed E-state index contributed by atoms with van der Waals surface area (Å²) in [4.78, 5) is 23.5. The van der Waals surface area contributed by atoms with Crippen LogP contribution >= 0.6 is 0 Å². The van der Waals surface area contributed by atoms with Gasteiger partial charge in [-0.3, -0.25) is 9.59 Å². The SMILES string of the molecule is O=C(CCCCCCC(=O)OCCCCCCCC1CC1)OCCCCCCCC1CC1. The fourth-order valence-corrected chi connectivity index (χ4v) is 4.35. The van der Waals surface area contributed by atoms with Crippen LogP contribution in [0.1, 0.15) is 141 Å². The molecule has 0 spiro atoms. The number of carbonyl (C=O) groups excluding carboxylic acids is 2. The van der Waals surface area contributed by atoms with Crippen molar-refractivity contribution in [3.05, 3.63) is 0 Å². The lowest BCUT2D eigenvalue weighted by atomic mass is 10.1. The van der Waals surface area contributed by atoms with Gasteiger partial charge in [-0.1, -0.05) is 103 Å². The predicted octanol–water partition coefficient (Wildman–Crippen LogP) is 7.91. The summed E-state index contributed by atoms with van der Waals surface area (Å²) in [7, 11) is 0. The normalized spacial score (nSPS) is 15.6. The van der Waals surface area contributed by atoms with E-state index in [9.17, 15) is 9.59 Å². The van der Waals surface area contributed by atoms with Crippen LogP contribution in [0.3, 0.4) is 0 Å². The third-order valence-corrected chi connectivity index (χ3v) is 6.95. The van der Waals surface area contributed by atoms with Crippen LogP contribution < -0.4 is 0 Å². The molecule has 0 heterocycles. The van der Waals surface area contributed by atoms with Crippen molar-refractivity contribution in [2.75, 3.05) is 13.2 Å². The molecule has 0 radical (unpaired) electrons. The average molecular weight is 451 g/mol. The summed E-state index contributed by atoms with van der Waals surface area (Å²) in [6, 6.07) is 0. The number of ether oxygens (including phenoxy) is 2. The monoisotopic (exact) mass is 450 g/mol. The molecular formula is C28H50O4. The maximum atomic E-state index is 11.8. The fraction of sp³-hybridized carbons (Fsp3) is 0.929. The van der Waals surface area contributed by atoms with E-state index in [2.05, 4.69) is 0 Å². The van der Waals surface area contributed by atoms with E-state index < -0.39 is 0 Å². The van der Waals surface area contributed by atoms with Gasteiger partial charge in [0.25, 0.3) is 0 Å². The smallest absolute Gasteiger partial charge is 0.305 e. The molecule has 2 aliphatic rings. The minimum atomic E-state index is -0.0642. The van der Waals surface area contributed by atoms with Gasteiger partial charge in [-0.2, -0.15) is 0 Å². The molecule has 0 atom stereocenters. The van der Waals surface area contributed by atoms with Crippen LogP contribution in [-0.4, -0.2) is 25.2 Å². The van der Waals surface area contributed by atoms with E-state index in [4.69, 9.17) is 9.47 Å². The van der Waals surface area contributed by atoms with E-state index in [1.165, 1.54) is 89.9 Å². The topological polar surface area (TPSA) is 52.6 Å². The molecule has 2 aliphatic carbocycles. The van der Waals surface area contributed by atoms with Crippen LogP contribution in [-0.2, 0) is 19.1 Å². The largest absolute Gasteiger partial charge is 0.466 e. The standard InChI is InChI=1S/C28H50O4/c29-27(31-23-13-7-1-3-9-15-25-19-20-25)17-11-5-6-12-18-28(30)32-24-14-8-2-4-10-16-26-21-22-26/h25-26H,1-24H2. The predicted molar refractivity (Wildman–Crippen MR) is 130 cm³/mol. The quantitative estimate of drug-likeness (QED) is 0.117. The Morgan fingerprint density at radius 1 is 0.469 bits per heavy atom. The van der Waals surface area contributed by atoms with Gasteiger partial charge < -0.3 is 9.47 Å². The summed E-state index contributed by atoms with van der Waals surface area (Å²) < 4.78 is 10.7. The van der Waals surface area contributed by atoms with Gasteiger partial charge in [0.15, 0.2) is 0 Å². The van der Waals surface area contributed by atoms with Crippen molar-refractivity contribution in [2.24, 2.45) is 11.8 Å². The fourth-order valence-electron chi connectivity index (χ4n) is 4.35. The Labute approximate surface area is 197 Å². The molecule has 32 heavy (non-hydrogen) atoms. The minimum absolute atomic E-state index is 0.0642. The summed E-state index contributed by atoms with van der Waals surface area (Å²) in [5.41, 5.74) is 0. The Kier molecular flexibility index (Phi) is 15.6. The highest BCUT2D eigenvalue weighted by molar-refractivity contribution is 5.69. The zero-order chi connectivity index (χ0) is 22.7. The molecule has 0 aromatic rings. The van der Waals surface area contributed by atoms with E-state index in [0.29, 0.717) is 26.1 Å². The number of carbonyl (C=O) groups is 2. The van der Waals surface area contributed by atoms with Crippen molar-refractivity contribution in [3.8, 4) is 0 Å². The second kappa shape index (κ2) is 18.4. The molecule has 0 aliphatic heterocycles. The summed E-state index contributed by atoms with van der Waals surface area (Å²) in [6.07, 6.45) is 25.7. The van der Waals surface area contributed by atoms with Crippen LogP contribution in [0.25, 0.3) is 0 Å². The molecule has 0 bridgehead atoms. The molecule has 2 fully saturated rings. The molecule has 0 aromatic carbocycles. The average Bonchev–Trinajstić information content (AvgIpc) is 3.70. The van der Waals surface area contributed by atoms with Gasteiger partial charge in [-0.25, -0.2) is 0 Å². The molecule has 0 saturated heterocycles. The number of esters is 2. The van der Waals surface area contributed by atoms with Gasteiger partial charge in [0.2, 0.25) is 0 Å². The first-order valence-corrected chi connectivity index (χ1v) is 14.1. The zero-order valence-electron chi connectivity index (χ0n) is 20.8. The van der Waals surface area contributed by atoms with Crippen molar-refractivity contribution in [1.29, 1.82) is 0 Å². The van der Waals surface area contributed by atoms with E-state index >= 15 is 0 Å². The van der Waals surface area contributed by atoms with Gasteiger partial charge in [0, 0.05) is 12.8 Å². The molecule has 0 N–H and O–H groups in total. The molecule has 0 aromatic heterocycles. The summed E-state index contributed by atoms with van der Waals surface area (Å²) >= 11 is 0. The third-order valence-electron chi connectivity index (χ3n) is 6.95. The Hall–Kier alpha value is -1.06. The van der Waals surface area contributed by atoms with Crippen LogP contribution in [0, 0.1) is 11.8 Å². The van der Waals surface area contributed by atoms with Crippen molar-refractivity contribution in [3.63, 3.8) is 0 Å². The number of hydrogen-bond donors (Lipinski definition) is 0. The molecule has 0 unspecified atom stereocenters. The van der Waals surface area contributed by atoms with Gasteiger partial charge in [0.1, 0.15) is 0 Å². The first kappa shape index (κ1) is 27.2. The van der Waals surface area contributed by atoms with E-state index in [0.717, 1.165) is 50.4 Å². The van der Waals surface area contributed by atoms with Crippen molar-refractivity contribution in [2.45, 2.75) is 141 Å². The van der Waals surface area contributed by atoms with Gasteiger partial charge in [-0.15, -0.1) is 0 Å². The number of rotatable bonds is 23. The van der Waals surface area contributed by atoms with Crippen molar-refractivity contribution in [1.82, 2.24) is 0 Å². The second-order valence-electron chi connectivity index (χ2n) is 10.4. The highest BCUT2D eigenvalue weighted by Crippen LogP contribution is 2.34. The van der Waals surface area contributed by atoms with Gasteiger partial charge >= 0.3 is 11.9 Å². The molecule has 4 heteroatoms. The highest BCUT2D eigenvalue weighted by Gasteiger charge is 2.20. The molecular weight excluding hydrogens is 400 g/mol. The summed E-state index contributed by atoms with van der Waals surface area (Å²) in [5.74, 6) is 1.97. The molecule has 2 saturated carbocycles. The van der Waals surface area contributed by atoms with E-state index in [1.54, 1.807) is 0 Å². The Balaban J connectivity index is 1.22. The lowest BCUT2D eigenvalue weighted by molar-refractivity contribution is -0.145. The number of hydrogen-bond acceptors (Lipinski definition) is 4.